The third kappa shape index (κ3) is 11.3. The maximum atomic E-state index is 13.0. The smallest absolute Gasteiger partial charge is 0.478 e. The Labute approximate surface area is 223 Å². The molecule has 39 heavy (non-hydrogen) atoms. The highest BCUT2D eigenvalue weighted by molar-refractivity contribution is 5.97. The molecule has 2 amide bonds. The normalized spacial score (nSPS) is 14.1. The lowest BCUT2D eigenvalue weighted by molar-refractivity contribution is -0.192. The van der Waals surface area contributed by atoms with Gasteiger partial charge in [-0.2, -0.15) is 13.2 Å². The molecule has 2 aromatic rings. The monoisotopic (exact) mass is 556 g/mol. The molecule has 9 nitrogen and oxygen atoms in total. The number of Topliss-reactive ketones (excluding diaryl/α,β-unsaturated/α-hetero) is 1. The number of carbonyl (C=O) groups excluding carboxylic acids is 2. The molecule has 2 N–H and O–H groups in total. The number of hydrogen-bond donors (Lipinski definition) is 2. The largest absolute Gasteiger partial charge is 0.490 e. The first-order valence-electron chi connectivity index (χ1n) is 12.3. The molecule has 1 saturated heterocycles. The number of nitrogens with one attached hydrogen (secondary N) is 1. The van der Waals surface area contributed by atoms with Gasteiger partial charge in [0.05, 0.1) is 13.2 Å². The van der Waals surface area contributed by atoms with Crippen molar-refractivity contribution in [1.29, 1.82) is 0 Å². The molecule has 0 radical (unpaired) electrons. The summed E-state index contributed by atoms with van der Waals surface area (Å²) in [4.78, 5) is 41.8. The molecule has 1 fully saturated rings. The summed E-state index contributed by atoms with van der Waals surface area (Å²) in [6.07, 6.45) is -1.53. The second-order valence-corrected chi connectivity index (χ2v) is 8.93. The molecule has 0 bridgehead atoms. The van der Waals surface area contributed by atoms with Crippen molar-refractivity contribution >= 4 is 17.8 Å². The molecule has 1 aromatic carbocycles. The fraction of sp³-hybridized carbons (Fsp3) is 0.462. The van der Waals surface area contributed by atoms with Gasteiger partial charge in [0.15, 0.2) is 5.78 Å². The number of benzene rings is 1. The molecule has 0 spiro atoms. The first kappa shape index (κ1) is 31.5. The summed E-state index contributed by atoms with van der Waals surface area (Å²) in [6.45, 7) is 5.51. The van der Waals surface area contributed by atoms with Crippen molar-refractivity contribution in [2.45, 2.75) is 32.5 Å². The Morgan fingerprint density at radius 2 is 1.74 bits per heavy atom. The van der Waals surface area contributed by atoms with E-state index in [0.717, 1.165) is 31.5 Å². The number of carbonyl (C=O) groups is 3. The predicted octanol–water partition coefficient (Wildman–Crippen LogP) is 3.99. The van der Waals surface area contributed by atoms with E-state index >= 15 is 0 Å². The van der Waals surface area contributed by atoms with E-state index in [9.17, 15) is 27.2 Å². The van der Waals surface area contributed by atoms with Gasteiger partial charge in [-0.3, -0.25) is 9.69 Å². The summed E-state index contributed by atoms with van der Waals surface area (Å²) >= 11 is 0. The minimum atomic E-state index is -5.08. The van der Waals surface area contributed by atoms with Crippen LogP contribution in [0.25, 0.3) is 0 Å². The van der Waals surface area contributed by atoms with Crippen LogP contribution in [-0.4, -0.2) is 83.7 Å². The summed E-state index contributed by atoms with van der Waals surface area (Å²) in [7, 11) is 1.80. The Bertz CT molecular complexity index is 1070. The minimum absolute atomic E-state index is 0.00345. The minimum Gasteiger partial charge on any atom is -0.478 e. The number of urea groups is 1. The van der Waals surface area contributed by atoms with E-state index in [1.165, 1.54) is 24.3 Å². The van der Waals surface area contributed by atoms with Gasteiger partial charge in [0, 0.05) is 38.0 Å². The summed E-state index contributed by atoms with van der Waals surface area (Å²) in [5.74, 6) is -2.12. The van der Waals surface area contributed by atoms with Crippen molar-refractivity contribution in [3.8, 4) is 5.88 Å². The van der Waals surface area contributed by atoms with Crippen molar-refractivity contribution < 1.29 is 41.8 Å². The number of hydrogen-bond acceptors (Lipinski definition) is 6. The van der Waals surface area contributed by atoms with E-state index in [2.05, 4.69) is 15.2 Å². The molecular weight excluding hydrogens is 524 g/mol. The topological polar surface area (TPSA) is 112 Å². The highest BCUT2D eigenvalue weighted by Crippen LogP contribution is 2.19. The first-order chi connectivity index (χ1) is 18.4. The highest BCUT2D eigenvalue weighted by Gasteiger charge is 2.38. The molecule has 0 saturated carbocycles. The Morgan fingerprint density at radius 1 is 1.13 bits per heavy atom. The van der Waals surface area contributed by atoms with Crippen LogP contribution in [0.5, 0.6) is 5.88 Å². The quantitative estimate of drug-likeness (QED) is 0.355. The van der Waals surface area contributed by atoms with Crippen LogP contribution >= 0.6 is 0 Å². The Kier molecular flexibility index (Phi) is 12.1. The molecule has 1 aliphatic rings. The third-order valence-electron chi connectivity index (χ3n) is 5.90. The lowest BCUT2D eigenvalue weighted by Crippen LogP contribution is -2.43. The number of nitrogens with zero attached hydrogens (tertiary/aromatic N) is 3. The van der Waals surface area contributed by atoms with Crippen molar-refractivity contribution in [2.24, 2.45) is 5.92 Å². The Morgan fingerprint density at radius 3 is 2.26 bits per heavy atom. The zero-order valence-corrected chi connectivity index (χ0v) is 21.7. The van der Waals surface area contributed by atoms with E-state index in [1.54, 1.807) is 24.2 Å². The molecule has 1 aliphatic heterocycles. The van der Waals surface area contributed by atoms with Crippen LogP contribution in [0, 0.1) is 11.7 Å². The molecule has 0 aliphatic carbocycles. The molecule has 0 atom stereocenters. The number of alkyl halides is 3. The van der Waals surface area contributed by atoms with Gasteiger partial charge in [-0.25, -0.2) is 19.0 Å². The number of carboxylic acids is 1. The first-order valence-corrected chi connectivity index (χ1v) is 12.3. The zero-order valence-electron chi connectivity index (χ0n) is 21.7. The number of rotatable bonds is 9. The second-order valence-electron chi connectivity index (χ2n) is 8.93. The maximum Gasteiger partial charge on any atom is 0.490 e. The van der Waals surface area contributed by atoms with E-state index < -0.39 is 12.1 Å². The van der Waals surface area contributed by atoms with E-state index in [4.69, 9.17) is 14.6 Å². The summed E-state index contributed by atoms with van der Waals surface area (Å²) < 4.78 is 50.1. The number of carboxylic acid groups (broad SMARTS) is 1. The van der Waals surface area contributed by atoms with Crippen molar-refractivity contribution in [3.63, 3.8) is 0 Å². The van der Waals surface area contributed by atoms with Crippen LogP contribution in [0.1, 0.15) is 35.7 Å². The number of pyridine rings is 1. The van der Waals surface area contributed by atoms with Crippen molar-refractivity contribution in [2.75, 3.05) is 39.8 Å². The fourth-order valence-electron chi connectivity index (χ4n) is 3.79. The van der Waals surface area contributed by atoms with Gasteiger partial charge >= 0.3 is 18.2 Å². The van der Waals surface area contributed by atoms with E-state index in [0.29, 0.717) is 43.6 Å². The number of halogens is 4. The maximum absolute atomic E-state index is 13.0. The van der Waals surface area contributed by atoms with Gasteiger partial charge in [-0.1, -0.05) is 6.07 Å². The number of aromatic nitrogens is 1. The lowest BCUT2D eigenvalue weighted by Gasteiger charge is -2.33. The molecule has 1 aromatic heterocycles. The molecule has 2 heterocycles. The fourth-order valence-corrected chi connectivity index (χ4v) is 3.79. The number of amides is 2. The molecule has 214 valence electrons. The summed E-state index contributed by atoms with van der Waals surface area (Å²) in [6, 6.07) is 9.25. The highest BCUT2D eigenvalue weighted by atomic mass is 19.4. The van der Waals surface area contributed by atoms with Crippen LogP contribution in [0.3, 0.4) is 0 Å². The Hall–Kier alpha value is -3.74. The zero-order chi connectivity index (χ0) is 29.0. The summed E-state index contributed by atoms with van der Waals surface area (Å²) in [5.41, 5.74) is 1.45. The Balaban J connectivity index is 0.000000673. The molecule has 3 rings (SSSR count). The number of ether oxygens (including phenoxy) is 1. The van der Waals surface area contributed by atoms with Crippen LogP contribution in [0.4, 0.5) is 22.4 Å². The van der Waals surface area contributed by atoms with Crippen molar-refractivity contribution in [1.82, 2.24) is 20.1 Å². The second kappa shape index (κ2) is 15.0. The number of ketones is 1. The molecule has 0 unspecified atom stereocenters. The standard InChI is InChI=1S/C24H31FN4O3.C2HF3O2/c1-3-32-23-9-4-19(14-26-23)15-27-24(31)28(2)16-18-10-12-29(13-11-18)17-22(30)20-5-7-21(25)8-6-20;3-2(4,5)1(6)7/h4-9,14,18H,3,10-13,15-17H2,1-2H3,(H,27,31);(H,6,7). The van der Waals surface area contributed by atoms with Crippen LogP contribution in [0.2, 0.25) is 0 Å². The van der Waals surface area contributed by atoms with Crippen LogP contribution in [0.15, 0.2) is 42.6 Å². The van der Waals surface area contributed by atoms with Gasteiger partial charge in [-0.05, 0) is 68.6 Å². The predicted molar refractivity (Wildman–Crippen MR) is 134 cm³/mol. The van der Waals surface area contributed by atoms with Gasteiger partial charge < -0.3 is 20.1 Å². The molecular formula is C26H32F4N4O5. The number of aliphatic carboxylic acids is 1. The average Bonchev–Trinajstić information content (AvgIpc) is 2.89. The van der Waals surface area contributed by atoms with Crippen LogP contribution < -0.4 is 10.1 Å². The van der Waals surface area contributed by atoms with Crippen LogP contribution in [-0.2, 0) is 11.3 Å². The van der Waals surface area contributed by atoms with Gasteiger partial charge in [0.1, 0.15) is 5.82 Å². The van der Waals surface area contributed by atoms with E-state index in [-0.39, 0.29) is 17.6 Å². The van der Waals surface area contributed by atoms with Gasteiger partial charge in [0.25, 0.3) is 0 Å². The van der Waals surface area contributed by atoms with Gasteiger partial charge in [-0.15, -0.1) is 0 Å². The number of piperidine rings is 1. The van der Waals surface area contributed by atoms with Gasteiger partial charge in [0.2, 0.25) is 5.88 Å². The summed E-state index contributed by atoms with van der Waals surface area (Å²) in [5, 5.41) is 10.0. The number of likely N-dealkylation sites (tertiary alicyclic amines) is 1. The third-order valence-corrected chi connectivity index (χ3v) is 5.90. The van der Waals surface area contributed by atoms with Crippen molar-refractivity contribution in [3.05, 3.63) is 59.5 Å². The van der Waals surface area contributed by atoms with E-state index in [1.807, 2.05) is 13.0 Å². The SMILES string of the molecule is CCOc1ccc(CNC(=O)N(C)CC2CCN(CC(=O)c3ccc(F)cc3)CC2)cn1.O=C(O)C(F)(F)F. The average molecular weight is 557 g/mol. The molecule has 13 heteroatoms. The lowest BCUT2D eigenvalue weighted by atomic mass is 9.96.